The van der Waals surface area contributed by atoms with Gasteiger partial charge in [0.25, 0.3) is 0 Å². The molecule has 1 aliphatic carbocycles. The summed E-state index contributed by atoms with van der Waals surface area (Å²) in [6.07, 6.45) is 8.62. The molecule has 2 fully saturated rings. The molecule has 8 heteroatoms. The maximum absolute atomic E-state index is 12.8. The molecule has 30 heavy (non-hydrogen) atoms. The zero-order valence-corrected chi connectivity index (χ0v) is 20.9. The van der Waals surface area contributed by atoms with E-state index < -0.39 is 0 Å². The van der Waals surface area contributed by atoms with Gasteiger partial charge >= 0.3 is 0 Å². The first kappa shape index (κ1) is 24.7. The number of halogens is 1. The number of carbonyl (C=O) groups is 1. The monoisotopic (exact) mass is 528 g/mol. The van der Waals surface area contributed by atoms with Gasteiger partial charge in [-0.2, -0.15) is 0 Å². The van der Waals surface area contributed by atoms with E-state index >= 15 is 0 Å². The van der Waals surface area contributed by atoms with Gasteiger partial charge in [-0.25, -0.2) is 9.98 Å². The van der Waals surface area contributed by atoms with Crippen LogP contribution in [-0.4, -0.2) is 61.5 Å². The number of hydrogen-bond donors (Lipinski definition) is 2. The van der Waals surface area contributed by atoms with E-state index in [4.69, 9.17) is 4.99 Å². The van der Waals surface area contributed by atoms with Gasteiger partial charge in [0.15, 0.2) is 5.96 Å². The van der Waals surface area contributed by atoms with E-state index in [9.17, 15) is 4.79 Å². The lowest BCUT2D eigenvalue weighted by molar-refractivity contribution is -0.135. The highest BCUT2D eigenvalue weighted by molar-refractivity contribution is 14.0. The Hall–Kier alpha value is -1.58. The average Bonchev–Trinajstić information content (AvgIpc) is 3.21. The number of rotatable bonds is 6. The van der Waals surface area contributed by atoms with E-state index in [1.54, 1.807) is 0 Å². The summed E-state index contributed by atoms with van der Waals surface area (Å²) in [5, 5.41) is 6.87. The molecule has 1 saturated carbocycles. The van der Waals surface area contributed by atoms with Crippen LogP contribution in [0.4, 0.5) is 5.82 Å². The van der Waals surface area contributed by atoms with Crippen LogP contribution < -0.4 is 15.5 Å². The third kappa shape index (κ3) is 6.99. The lowest BCUT2D eigenvalue weighted by Crippen LogP contribution is -2.45. The van der Waals surface area contributed by atoms with Gasteiger partial charge in [-0.15, -0.1) is 24.0 Å². The second-order valence-corrected chi connectivity index (χ2v) is 8.36. The summed E-state index contributed by atoms with van der Waals surface area (Å²) < 4.78 is 0. The van der Waals surface area contributed by atoms with Crippen LogP contribution in [0.5, 0.6) is 0 Å². The fourth-order valence-electron chi connectivity index (χ4n) is 4.17. The van der Waals surface area contributed by atoms with Crippen LogP contribution in [0.1, 0.15) is 51.0 Å². The molecule has 0 radical (unpaired) electrons. The first-order valence-corrected chi connectivity index (χ1v) is 11.0. The summed E-state index contributed by atoms with van der Waals surface area (Å²) >= 11 is 0. The predicted molar refractivity (Wildman–Crippen MR) is 133 cm³/mol. The number of likely N-dealkylation sites (tertiary alicyclic amines) is 1. The molecule has 0 bridgehead atoms. The molecule has 1 unspecified atom stereocenters. The van der Waals surface area contributed by atoms with Crippen LogP contribution in [0.2, 0.25) is 0 Å². The molecule has 1 atom stereocenters. The third-order valence-corrected chi connectivity index (χ3v) is 5.83. The highest BCUT2D eigenvalue weighted by atomic mass is 127. The molecule has 2 aliphatic rings. The van der Waals surface area contributed by atoms with Crippen molar-refractivity contribution < 1.29 is 4.79 Å². The van der Waals surface area contributed by atoms with Crippen molar-refractivity contribution in [1.82, 2.24) is 20.5 Å². The van der Waals surface area contributed by atoms with Crippen molar-refractivity contribution in [3.63, 3.8) is 0 Å². The molecule has 2 heterocycles. The minimum Gasteiger partial charge on any atom is -0.363 e. The zero-order chi connectivity index (χ0) is 20.6. The zero-order valence-electron chi connectivity index (χ0n) is 18.6. The molecule has 0 spiro atoms. The third-order valence-electron chi connectivity index (χ3n) is 5.83. The molecule has 1 aliphatic heterocycles. The van der Waals surface area contributed by atoms with Gasteiger partial charge in [0.1, 0.15) is 5.82 Å². The number of aliphatic imine (C=N–C) groups is 1. The van der Waals surface area contributed by atoms with Crippen LogP contribution in [0.25, 0.3) is 0 Å². The van der Waals surface area contributed by atoms with Crippen LogP contribution in [0.15, 0.2) is 23.3 Å². The number of carbonyl (C=O) groups excluding carboxylic acids is 1. The number of nitrogens with zero attached hydrogens (tertiary/aromatic N) is 4. The second-order valence-electron chi connectivity index (χ2n) is 8.36. The van der Waals surface area contributed by atoms with E-state index in [2.05, 4.69) is 33.5 Å². The molecule has 1 amide bonds. The summed E-state index contributed by atoms with van der Waals surface area (Å²) in [7, 11) is 3.98. The summed E-state index contributed by atoms with van der Waals surface area (Å²) in [6, 6.07) is 4.32. The van der Waals surface area contributed by atoms with Gasteiger partial charge in [0, 0.05) is 51.9 Å². The Kier molecular flexibility index (Phi) is 10.1. The van der Waals surface area contributed by atoms with Crippen molar-refractivity contribution >= 4 is 41.7 Å². The molecule has 0 aromatic carbocycles. The summed E-state index contributed by atoms with van der Waals surface area (Å²) in [6.45, 7) is 5.10. The van der Waals surface area contributed by atoms with E-state index in [1.807, 2.05) is 31.3 Å². The lowest BCUT2D eigenvalue weighted by atomic mass is 9.88. The highest BCUT2D eigenvalue weighted by Gasteiger charge is 2.31. The minimum atomic E-state index is 0. The number of nitrogens with one attached hydrogen (secondary N) is 2. The quantitative estimate of drug-likeness (QED) is 0.338. The SMILES string of the molecule is CCNC(=NCc1ccnc(N(C)C)c1)NC1CCN(C(=O)C2CCCCC2)C1.I. The Bertz CT molecular complexity index is 705. The molecular formula is C22H37IN6O. The van der Waals surface area contributed by atoms with E-state index in [0.717, 1.165) is 56.2 Å². The van der Waals surface area contributed by atoms with Crippen molar-refractivity contribution in [1.29, 1.82) is 0 Å². The van der Waals surface area contributed by atoms with Gasteiger partial charge in [-0.3, -0.25) is 4.79 Å². The van der Waals surface area contributed by atoms with Crippen molar-refractivity contribution in [3.8, 4) is 0 Å². The van der Waals surface area contributed by atoms with Crippen LogP contribution in [0, 0.1) is 5.92 Å². The van der Waals surface area contributed by atoms with Gasteiger partial charge in [-0.1, -0.05) is 19.3 Å². The Morgan fingerprint density at radius 1 is 1.27 bits per heavy atom. The number of hydrogen-bond acceptors (Lipinski definition) is 4. The van der Waals surface area contributed by atoms with Crippen LogP contribution >= 0.6 is 24.0 Å². The molecule has 1 saturated heterocycles. The number of anilines is 1. The van der Waals surface area contributed by atoms with Gasteiger partial charge < -0.3 is 20.4 Å². The second kappa shape index (κ2) is 12.3. The summed E-state index contributed by atoms with van der Waals surface area (Å²) in [5.74, 6) is 2.36. The lowest BCUT2D eigenvalue weighted by Gasteiger charge is -2.26. The Morgan fingerprint density at radius 3 is 2.73 bits per heavy atom. The van der Waals surface area contributed by atoms with Gasteiger partial charge in [0.05, 0.1) is 6.54 Å². The van der Waals surface area contributed by atoms with Crippen LogP contribution in [-0.2, 0) is 11.3 Å². The first-order valence-electron chi connectivity index (χ1n) is 11.0. The molecule has 168 valence electrons. The van der Waals surface area contributed by atoms with E-state index in [0.29, 0.717) is 12.5 Å². The molecule has 1 aromatic heterocycles. The molecule has 1 aromatic rings. The first-order chi connectivity index (χ1) is 14.1. The molecule has 7 nitrogen and oxygen atoms in total. The number of pyridine rings is 1. The van der Waals surface area contributed by atoms with Gasteiger partial charge in [0.2, 0.25) is 5.91 Å². The van der Waals surface area contributed by atoms with E-state index in [1.165, 1.54) is 19.3 Å². The normalized spacial score (nSPS) is 19.9. The summed E-state index contributed by atoms with van der Waals surface area (Å²) in [5.41, 5.74) is 1.13. The van der Waals surface area contributed by atoms with Crippen molar-refractivity contribution in [2.24, 2.45) is 10.9 Å². The number of guanidine groups is 1. The largest absolute Gasteiger partial charge is 0.363 e. The Labute approximate surface area is 198 Å². The number of amides is 1. The average molecular weight is 528 g/mol. The fourth-order valence-corrected chi connectivity index (χ4v) is 4.17. The standard InChI is InChI=1S/C22H36N6O.HI/c1-4-23-22(25-15-17-10-12-24-20(14-17)27(2)3)26-19-11-13-28(16-19)21(29)18-8-6-5-7-9-18;/h10,12,14,18-19H,4-9,11,13,15-16H2,1-3H3,(H2,23,25,26);1H. The fraction of sp³-hybridized carbons (Fsp3) is 0.682. The Morgan fingerprint density at radius 2 is 2.03 bits per heavy atom. The topological polar surface area (TPSA) is 72.9 Å². The maximum atomic E-state index is 12.8. The Balaban J connectivity index is 0.00000320. The van der Waals surface area contributed by atoms with Crippen molar-refractivity contribution in [3.05, 3.63) is 23.9 Å². The number of aromatic nitrogens is 1. The minimum absolute atomic E-state index is 0. The highest BCUT2D eigenvalue weighted by Crippen LogP contribution is 2.26. The predicted octanol–water partition coefficient (Wildman–Crippen LogP) is 3.00. The van der Waals surface area contributed by atoms with E-state index in [-0.39, 0.29) is 35.9 Å². The summed E-state index contributed by atoms with van der Waals surface area (Å²) in [4.78, 5) is 26.0. The van der Waals surface area contributed by atoms with Gasteiger partial charge in [-0.05, 0) is 43.9 Å². The smallest absolute Gasteiger partial charge is 0.225 e. The van der Waals surface area contributed by atoms with Crippen molar-refractivity contribution in [2.75, 3.05) is 38.6 Å². The molecular weight excluding hydrogens is 491 g/mol. The van der Waals surface area contributed by atoms with Crippen molar-refractivity contribution in [2.45, 2.75) is 58.0 Å². The maximum Gasteiger partial charge on any atom is 0.225 e. The van der Waals surface area contributed by atoms with Crippen LogP contribution in [0.3, 0.4) is 0 Å². The molecule has 2 N–H and O–H groups in total. The molecule has 3 rings (SSSR count).